The van der Waals surface area contributed by atoms with Crippen LogP contribution in [0, 0.1) is 5.82 Å². The van der Waals surface area contributed by atoms with Crippen molar-refractivity contribution in [2.75, 3.05) is 26.7 Å². The fourth-order valence-electron chi connectivity index (χ4n) is 4.55. The second kappa shape index (κ2) is 15.5. The number of rotatable bonds is 10. The van der Waals surface area contributed by atoms with Crippen molar-refractivity contribution in [3.63, 3.8) is 0 Å². The van der Waals surface area contributed by atoms with Crippen molar-refractivity contribution >= 4 is 28.9 Å². The topological polar surface area (TPSA) is 138 Å². The Balaban J connectivity index is 0.000000234. The lowest BCUT2D eigenvalue weighted by Crippen LogP contribution is -2.33. The molecule has 1 atom stereocenters. The van der Waals surface area contributed by atoms with Crippen molar-refractivity contribution in [1.82, 2.24) is 10.1 Å². The van der Waals surface area contributed by atoms with E-state index in [0.717, 1.165) is 37.0 Å². The molecule has 1 fully saturated rings. The molecule has 1 saturated heterocycles. The molecule has 2 heterocycles. The van der Waals surface area contributed by atoms with Gasteiger partial charge >= 0.3 is 17.9 Å². The van der Waals surface area contributed by atoms with Crippen LogP contribution in [-0.2, 0) is 24.0 Å². The maximum atomic E-state index is 13.1. The summed E-state index contributed by atoms with van der Waals surface area (Å²) in [5.74, 6) is -2.18. The summed E-state index contributed by atoms with van der Waals surface area (Å²) in [4.78, 5) is 44.2. The number of benzene rings is 2. The van der Waals surface area contributed by atoms with Gasteiger partial charge in [0, 0.05) is 36.4 Å². The van der Waals surface area contributed by atoms with Gasteiger partial charge < -0.3 is 24.0 Å². The van der Waals surface area contributed by atoms with Gasteiger partial charge in [-0.05, 0) is 75.6 Å². The van der Waals surface area contributed by atoms with Crippen LogP contribution in [0.25, 0.3) is 11.0 Å². The Hall–Kier alpha value is -4.45. The lowest BCUT2D eigenvalue weighted by atomic mass is 9.91. The second-order valence-electron chi connectivity index (χ2n) is 9.64. The molecule has 3 aromatic rings. The minimum Gasteiger partial charge on any atom is -0.493 e. The van der Waals surface area contributed by atoms with Crippen LogP contribution < -0.4 is 9.62 Å². The molecule has 42 heavy (non-hydrogen) atoms. The molecular weight excluding hydrogens is 551 g/mol. The smallest absolute Gasteiger partial charge is 0.379 e. The number of ether oxygens (including phenoxy) is 2. The van der Waals surface area contributed by atoms with Crippen molar-refractivity contribution in [3.05, 3.63) is 65.6 Å². The number of nitrogens with zero attached hydrogens (tertiary/aromatic N) is 2. The molecule has 0 bridgehead atoms. The van der Waals surface area contributed by atoms with E-state index in [4.69, 9.17) is 24.0 Å². The SMILES string of the molecule is CCCN1CCC(c2noc3cc(F)ccc23)CC1.COc1cc(C(C)OC(C)=O)ccc1OOC(=O)/C=C/C(=O)O. The number of aromatic nitrogens is 1. The van der Waals surface area contributed by atoms with E-state index >= 15 is 0 Å². The summed E-state index contributed by atoms with van der Waals surface area (Å²) in [5.41, 5.74) is 2.22. The van der Waals surface area contributed by atoms with Gasteiger partial charge in [-0.1, -0.05) is 18.1 Å². The van der Waals surface area contributed by atoms with Crippen molar-refractivity contribution in [3.8, 4) is 11.5 Å². The number of carboxylic acid groups (broad SMARTS) is 1. The van der Waals surface area contributed by atoms with Crippen molar-refractivity contribution in [2.45, 2.75) is 52.1 Å². The van der Waals surface area contributed by atoms with Crippen LogP contribution in [0.4, 0.5) is 4.39 Å². The van der Waals surface area contributed by atoms with Crippen LogP contribution in [0.15, 0.2) is 53.1 Å². The van der Waals surface area contributed by atoms with E-state index < -0.39 is 24.0 Å². The molecule has 1 aromatic heterocycles. The van der Waals surface area contributed by atoms with Crippen LogP contribution in [-0.4, -0.2) is 59.8 Å². The molecule has 1 aliphatic heterocycles. The summed E-state index contributed by atoms with van der Waals surface area (Å²) in [6, 6.07) is 9.31. The van der Waals surface area contributed by atoms with Crippen LogP contribution in [0.5, 0.6) is 11.5 Å². The van der Waals surface area contributed by atoms with Crippen molar-refractivity contribution in [1.29, 1.82) is 0 Å². The number of carbonyl (C=O) groups excluding carboxylic acids is 2. The number of methoxy groups -OCH3 is 1. The summed E-state index contributed by atoms with van der Waals surface area (Å²) >= 11 is 0. The lowest BCUT2D eigenvalue weighted by Gasteiger charge is -2.30. The van der Waals surface area contributed by atoms with E-state index in [9.17, 15) is 18.8 Å². The predicted octanol–water partition coefficient (Wildman–Crippen LogP) is 5.35. The number of likely N-dealkylation sites (tertiary alicyclic amines) is 1. The predicted molar refractivity (Wildman–Crippen MR) is 149 cm³/mol. The molecule has 4 rings (SSSR count). The largest absolute Gasteiger partial charge is 0.493 e. The number of carboxylic acids is 1. The van der Waals surface area contributed by atoms with Crippen molar-refractivity contribution in [2.24, 2.45) is 0 Å². The number of halogens is 1. The van der Waals surface area contributed by atoms with E-state index in [1.807, 2.05) is 0 Å². The fraction of sp³-hybridized carbons (Fsp3) is 0.400. The van der Waals surface area contributed by atoms with Gasteiger partial charge in [0.1, 0.15) is 11.9 Å². The average molecular weight is 587 g/mol. The zero-order valence-electron chi connectivity index (χ0n) is 24.0. The zero-order valence-corrected chi connectivity index (χ0v) is 24.0. The number of esters is 1. The molecule has 11 nitrogen and oxygen atoms in total. The van der Waals surface area contributed by atoms with Crippen LogP contribution >= 0.6 is 0 Å². The molecule has 1 unspecified atom stereocenters. The van der Waals surface area contributed by atoms with Gasteiger partial charge in [-0.25, -0.2) is 18.9 Å². The van der Waals surface area contributed by atoms with E-state index in [2.05, 4.69) is 21.9 Å². The lowest BCUT2D eigenvalue weighted by molar-refractivity contribution is -0.207. The summed E-state index contributed by atoms with van der Waals surface area (Å²) < 4.78 is 28.5. The monoisotopic (exact) mass is 586 g/mol. The summed E-state index contributed by atoms with van der Waals surface area (Å²) in [7, 11) is 1.38. The van der Waals surface area contributed by atoms with Gasteiger partial charge in [0.15, 0.2) is 11.3 Å². The third kappa shape index (κ3) is 9.30. The van der Waals surface area contributed by atoms with Crippen LogP contribution in [0.2, 0.25) is 0 Å². The standard InChI is InChI=1S/C15H19FN2O.C15H16O8/c1-2-7-18-8-5-11(6-9-18)15-13-4-3-12(16)10-14(13)19-17-15;1-9(21-10(2)16)11-4-5-12(13(8-11)20-3)22-23-15(19)7-6-14(17)18/h3-4,10-11H,2,5-9H2,1H3;4-9H,1-3H3,(H,17,18)/b;7-6+. The summed E-state index contributed by atoms with van der Waals surface area (Å²) in [6.45, 7) is 8.62. The Kier molecular flexibility index (Phi) is 11.9. The van der Waals surface area contributed by atoms with E-state index in [1.54, 1.807) is 25.1 Å². The quantitative estimate of drug-likeness (QED) is 0.142. The van der Waals surface area contributed by atoms with Crippen LogP contribution in [0.3, 0.4) is 0 Å². The highest BCUT2D eigenvalue weighted by Crippen LogP contribution is 2.33. The number of hydrogen-bond acceptors (Lipinski definition) is 10. The van der Waals surface area contributed by atoms with Gasteiger partial charge in [-0.15, -0.1) is 0 Å². The first-order valence-electron chi connectivity index (χ1n) is 13.5. The summed E-state index contributed by atoms with van der Waals surface area (Å²) in [6.07, 6.45) is 4.25. The molecule has 2 aromatic carbocycles. The first-order chi connectivity index (χ1) is 20.1. The summed E-state index contributed by atoms with van der Waals surface area (Å²) in [5, 5.41) is 13.5. The van der Waals surface area contributed by atoms with Gasteiger partial charge in [-0.3, -0.25) is 9.68 Å². The molecular formula is C30H35FN2O9. The molecule has 0 amide bonds. The molecule has 0 spiro atoms. The average Bonchev–Trinajstić information content (AvgIpc) is 3.38. The minimum atomic E-state index is -1.29. The first kappa shape index (κ1) is 32.1. The maximum absolute atomic E-state index is 13.1. The van der Waals surface area contributed by atoms with Gasteiger partial charge in [0.2, 0.25) is 5.75 Å². The fourth-order valence-corrected chi connectivity index (χ4v) is 4.55. The first-order valence-corrected chi connectivity index (χ1v) is 13.5. The zero-order chi connectivity index (χ0) is 30.6. The number of fused-ring (bicyclic) bond motifs is 1. The minimum absolute atomic E-state index is 0.100. The third-order valence-corrected chi connectivity index (χ3v) is 6.55. The number of carbonyl (C=O) groups is 3. The maximum Gasteiger partial charge on any atom is 0.379 e. The Morgan fingerprint density at radius 2 is 1.88 bits per heavy atom. The molecule has 0 radical (unpaired) electrons. The highest BCUT2D eigenvalue weighted by Gasteiger charge is 2.24. The molecule has 1 N–H and O–H groups in total. The van der Waals surface area contributed by atoms with Gasteiger partial charge in [0.05, 0.1) is 12.8 Å². The highest BCUT2D eigenvalue weighted by molar-refractivity contribution is 5.90. The van der Waals surface area contributed by atoms with Gasteiger partial charge in [-0.2, -0.15) is 0 Å². The second-order valence-corrected chi connectivity index (χ2v) is 9.64. The van der Waals surface area contributed by atoms with E-state index in [-0.39, 0.29) is 17.3 Å². The number of piperidine rings is 1. The molecule has 12 heteroatoms. The van der Waals surface area contributed by atoms with Gasteiger partial charge in [0.25, 0.3) is 0 Å². The van der Waals surface area contributed by atoms with E-state index in [1.165, 1.54) is 45.2 Å². The Bertz CT molecular complexity index is 1400. The Morgan fingerprint density at radius 1 is 1.14 bits per heavy atom. The number of aliphatic carboxylic acids is 1. The Morgan fingerprint density at radius 3 is 2.52 bits per heavy atom. The third-order valence-electron chi connectivity index (χ3n) is 6.55. The molecule has 1 aliphatic rings. The van der Waals surface area contributed by atoms with Crippen LogP contribution in [0.1, 0.15) is 63.3 Å². The molecule has 0 saturated carbocycles. The van der Waals surface area contributed by atoms with E-state index in [0.29, 0.717) is 29.2 Å². The normalized spacial score (nSPS) is 14.6. The molecule has 226 valence electrons. The molecule has 0 aliphatic carbocycles. The Labute approximate surface area is 242 Å². The van der Waals surface area contributed by atoms with Crippen molar-refractivity contribution < 1.29 is 47.7 Å². The highest BCUT2D eigenvalue weighted by atomic mass is 19.1. The number of hydrogen-bond donors (Lipinski definition) is 1.